The second-order valence-corrected chi connectivity index (χ2v) is 6.15. The van der Waals surface area contributed by atoms with Crippen molar-refractivity contribution in [2.45, 2.75) is 45.7 Å². The number of rotatable bonds is 9. The van der Waals surface area contributed by atoms with E-state index in [1.165, 1.54) is 38.8 Å². The molecule has 1 aromatic rings. The van der Waals surface area contributed by atoms with E-state index >= 15 is 0 Å². The molecule has 1 N–H and O–H groups in total. The molecule has 0 saturated heterocycles. The summed E-state index contributed by atoms with van der Waals surface area (Å²) in [5, 5.41) is 7.41. The minimum Gasteiger partial charge on any atom is -0.360 e. The molecular formula is C15H25N3O. The van der Waals surface area contributed by atoms with E-state index in [0.29, 0.717) is 0 Å². The highest BCUT2D eigenvalue weighted by Crippen LogP contribution is 2.34. The zero-order chi connectivity index (χ0) is 13.1. The van der Waals surface area contributed by atoms with Gasteiger partial charge in [-0.1, -0.05) is 12.1 Å². The highest BCUT2D eigenvalue weighted by Gasteiger charge is 2.29. The van der Waals surface area contributed by atoms with Crippen LogP contribution in [0.5, 0.6) is 0 Å². The number of aromatic nitrogens is 1. The number of hydrogen-bond donors (Lipinski definition) is 1. The zero-order valence-electron chi connectivity index (χ0n) is 11.9. The third-order valence-electron chi connectivity index (χ3n) is 3.97. The van der Waals surface area contributed by atoms with Crippen LogP contribution in [0.2, 0.25) is 0 Å². The van der Waals surface area contributed by atoms with Gasteiger partial charge in [0.15, 0.2) is 5.76 Å². The van der Waals surface area contributed by atoms with Gasteiger partial charge in [-0.2, -0.15) is 0 Å². The van der Waals surface area contributed by atoms with Crippen LogP contribution < -0.4 is 5.32 Å². The molecule has 0 aliphatic heterocycles. The van der Waals surface area contributed by atoms with Crippen LogP contribution in [0.3, 0.4) is 0 Å². The average Bonchev–Trinajstić information content (AvgIpc) is 3.31. The van der Waals surface area contributed by atoms with E-state index in [9.17, 15) is 0 Å². The lowest BCUT2D eigenvalue weighted by Gasteiger charge is -2.20. The molecule has 0 spiro atoms. The Labute approximate surface area is 115 Å². The summed E-state index contributed by atoms with van der Waals surface area (Å²) in [6.07, 6.45) is 5.68. The second kappa shape index (κ2) is 6.06. The summed E-state index contributed by atoms with van der Waals surface area (Å²) >= 11 is 0. The fourth-order valence-electron chi connectivity index (χ4n) is 2.52. The van der Waals surface area contributed by atoms with Gasteiger partial charge < -0.3 is 9.84 Å². The van der Waals surface area contributed by atoms with Crippen LogP contribution in [0.25, 0.3) is 0 Å². The van der Waals surface area contributed by atoms with Crippen molar-refractivity contribution in [3.63, 3.8) is 0 Å². The van der Waals surface area contributed by atoms with Gasteiger partial charge in [0.25, 0.3) is 0 Å². The van der Waals surface area contributed by atoms with Crippen LogP contribution in [-0.2, 0) is 13.1 Å². The van der Waals surface area contributed by atoms with Gasteiger partial charge in [-0.25, -0.2) is 0 Å². The Hall–Kier alpha value is -0.870. The summed E-state index contributed by atoms with van der Waals surface area (Å²) in [5.41, 5.74) is 1.02. The molecular weight excluding hydrogens is 238 g/mol. The van der Waals surface area contributed by atoms with E-state index in [1.54, 1.807) is 0 Å². The number of nitrogens with one attached hydrogen (secondary N) is 1. The Kier molecular flexibility index (Phi) is 4.18. The van der Waals surface area contributed by atoms with Crippen molar-refractivity contribution in [1.82, 2.24) is 15.4 Å². The molecule has 2 aliphatic carbocycles. The van der Waals surface area contributed by atoms with Crippen molar-refractivity contribution in [2.75, 3.05) is 19.6 Å². The summed E-state index contributed by atoms with van der Waals surface area (Å²) in [6, 6.07) is 2.11. The summed E-state index contributed by atoms with van der Waals surface area (Å²) < 4.78 is 5.46. The molecule has 0 unspecified atom stereocenters. The summed E-state index contributed by atoms with van der Waals surface area (Å²) in [4.78, 5) is 2.58. The van der Waals surface area contributed by atoms with Gasteiger partial charge in [0, 0.05) is 25.7 Å². The van der Waals surface area contributed by atoms with Gasteiger partial charge in [-0.15, -0.1) is 0 Å². The maximum absolute atomic E-state index is 5.46. The fraction of sp³-hybridized carbons (Fsp3) is 0.800. The average molecular weight is 263 g/mol. The first-order valence-corrected chi connectivity index (χ1v) is 7.71. The zero-order valence-corrected chi connectivity index (χ0v) is 11.9. The maximum atomic E-state index is 5.46. The normalized spacial score (nSPS) is 19.3. The molecule has 3 rings (SSSR count). The number of hydrogen-bond acceptors (Lipinski definition) is 4. The Bertz CT molecular complexity index is 382. The summed E-state index contributed by atoms with van der Waals surface area (Å²) in [6.45, 7) is 7.32. The fourth-order valence-corrected chi connectivity index (χ4v) is 2.52. The van der Waals surface area contributed by atoms with E-state index in [2.05, 4.69) is 28.4 Å². The molecule has 19 heavy (non-hydrogen) atoms. The van der Waals surface area contributed by atoms with Crippen LogP contribution in [-0.4, -0.2) is 29.7 Å². The minimum atomic E-state index is 0.811. The first-order valence-electron chi connectivity index (χ1n) is 7.71. The third-order valence-corrected chi connectivity index (χ3v) is 3.97. The third kappa shape index (κ3) is 4.32. The highest BCUT2D eigenvalue weighted by molar-refractivity contribution is 5.05. The molecule has 4 nitrogen and oxygen atoms in total. The van der Waals surface area contributed by atoms with Crippen LogP contribution in [0, 0.1) is 11.8 Å². The van der Waals surface area contributed by atoms with Crippen molar-refractivity contribution in [1.29, 1.82) is 0 Å². The first kappa shape index (κ1) is 13.1. The Morgan fingerprint density at radius 3 is 2.53 bits per heavy atom. The van der Waals surface area contributed by atoms with Gasteiger partial charge in [-0.05, 0) is 44.1 Å². The van der Waals surface area contributed by atoms with Gasteiger partial charge in [0.1, 0.15) is 0 Å². The predicted molar refractivity (Wildman–Crippen MR) is 74.6 cm³/mol. The molecule has 4 heteroatoms. The standard InChI is InChI=1S/C15H25N3O/c1-2-16-8-14-7-15(19-17-14)11-18(9-12-3-4-12)10-13-5-6-13/h7,12-13,16H,2-6,8-11H2,1H3. The van der Waals surface area contributed by atoms with Crippen molar-refractivity contribution in [2.24, 2.45) is 11.8 Å². The summed E-state index contributed by atoms with van der Waals surface area (Å²) in [5.74, 6) is 2.92. The van der Waals surface area contributed by atoms with Crippen LogP contribution in [0.1, 0.15) is 44.1 Å². The highest BCUT2D eigenvalue weighted by atomic mass is 16.5. The van der Waals surface area contributed by atoms with Crippen LogP contribution in [0.15, 0.2) is 10.6 Å². The molecule has 0 bridgehead atoms. The van der Waals surface area contributed by atoms with E-state index in [0.717, 1.165) is 42.9 Å². The number of nitrogens with zero attached hydrogens (tertiary/aromatic N) is 2. The molecule has 0 aromatic carbocycles. The molecule has 2 fully saturated rings. The van der Waals surface area contributed by atoms with E-state index in [1.807, 2.05) is 0 Å². The van der Waals surface area contributed by atoms with Crippen molar-refractivity contribution < 1.29 is 4.52 Å². The Morgan fingerprint density at radius 2 is 1.95 bits per heavy atom. The topological polar surface area (TPSA) is 41.3 Å². The predicted octanol–water partition coefficient (Wildman–Crippen LogP) is 2.41. The lowest BCUT2D eigenvalue weighted by atomic mass is 10.2. The molecule has 2 saturated carbocycles. The van der Waals surface area contributed by atoms with Crippen molar-refractivity contribution in [3.8, 4) is 0 Å². The lowest BCUT2D eigenvalue weighted by molar-refractivity contribution is 0.214. The molecule has 2 aliphatic rings. The van der Waals surface area contributed by atoms with Crippen LogP contribution >= 0.6 is 0 Å². The lowest BCUT2D eigenvalue weighted by Crippen LogP contribution is -2.27. The van der Waals surface area contributed by atoms with Crippen molar-refractivity contribution >= 4 is 0 Å². The smallest absolute Gasteiger partial charge is 0.151 e. The minimum absolute atomic E-state index is 0.811. The monoisotopic (exact) mass is 263 g/mol. The van der Waals surface area contributed by atoms with E-state index in [-0.39, 0.29) is 0 Å². The van der Waals surface area contributed by atoms with Crippen LogP contribution in [0.4, 0.5) is 0 Å². The van der Waals surface area contributed by atoms with Gasteiger partial charge >= 0.3 is 0 Å². The summed E-state index contributed by atoms with van der Waals surface area (Å²) in [7, 11) is 0. The first-order chi connectivity index (χ1) is 9.33. The largest absolute Gasteiger partial charge is 0.360 e. The SMILES string of the molecule is CCNCc1cc(CN(CC2CC2)CC2CC2)on1. The molecule has 0 amide bonds. The van der Waals surface area contributed by atoms with Gasteiger partial charge in [0.05, 0.1) is 12.2 Å². The quantitative estimate of drug-likeness (QED) is 0.743. The van der Waals surface area contributed by atoms with E-state index in [4.69, 9.17) is 4.52 Å². The molecule has 0 atom stereocenters. The second-order valence-electron chi connectivity index (χ2n) is 6.15. The maximum Gasteiger partial charge on any atom is 0.151 e. The molecule has 1 heterocycles. The van der Waals surface area contributed by atoms with Gasteiger partial charge in [0.2, 0.25) is 0 Å². The molecule has 106 valence electrons. The Balaban J connectivity index is 1.51. The molecule has 0 radical (unpaired) electrons. The molecule has 1 aromatic heterocycles. The van der Waals surface area contributed by atoms with E-state index < -0.39 is 0 Å². The van der Waals surface area contributed by atoms with Gasteiger partial charge in [-0.3, -0.25) is 4.90 Å². The Morgan fingerprint density at radius 1 is 1.26 bits per heavy atom. The van der Waals surface area contributed by atoms with Crippen molar-refractivity contribution in [3.05, 3.63) is 17.5 Å².